The van der Waals surface area contributed by atoms with Crippen LogP contribution in [0.5, 0.6) is 0 Å². The molecule has 0 aromatic heterocycles. The van der Waals surface area contributed by atoms with Gasteiger partial charge in [-0.05, 0) is 19.3 Å². The van der Waals surface area contributed by atoms with E-state index in [1.807, 2.05) is 0 Å². The molecular formula is C9H13ClO2. The van der Waals surface area contributed by atoms with Gasteiger partial charge in [-0.3, -0.25) is 0 Å². The molecule has 0 aliphatic carbocycles. The van der Waals surface area contributed by atoms with Gasteiger partial charge in [0, 0.05) is 23.7 Å². The predicted molar refractivity (Wildman–Crippen MR) is 48.2 cm³/mol. The van der Waals surface area contributed by atoms with E-state index >= 15 is 0 Å². The van der Waals surface area contributed by atoms with Crippen LogP contribution in [0.15, 0.2) is 11.6 Å². The zero-order chi connectivity index (χ0) is 9.03. The Hall–Kier alpha value is -0.340. The predicted octanol–water partition coefficient (Wildman–Crippen LogP) is 2.12. The smallest absolute Gasteiger partial charge is 0.126 e. The molecule has 68 valence electrons. The second kappa shape index (κ2) is 4.06. The van der Waals surface area contributed by atoms with Crippen molar-refractivity contribution in [2.75, 3.05) is 13.2 Å². The van der Waals surface area contributed by atoms with E-state index < -0.39 is 0 Å². The zero-order valence-electron chi connectivity index (χ0n) is 7.01. The monoisotopic (exact) mass is 188 g/mol. The SMILES string of the molecule is C=C(Cl)CC1(C=O)CCOCC1. The Labute approximate surface area is 77.5 Å². The van der Waals surface area contributed by atoms with Crippen LogP contribution in [-0.4, -0.2) is 19.5 Å². The Balaban J connectivity index is 2.59. The molecule has 1 rings (SSSR count). The Kier molecular flexibility index (Phi) is 3.29. The van der Waals surface area contributed by atoms with Crippen molar-refractivity contribution in [3.8, 4) is 0 Å². The summed E-state index contributed by atoms with van der Waals surface area (Å²) in [6.45, 7) is 4.92. The van der Waals surface area contributed by atoms with E-state index in [1.54, 1.807) is 0 Å². The van der Waals surface area contributed by atoms with Crippen LogP contribution in [0.1, 0.15) is 19.3 Å². The number of hydrogen-bond donors (Lipinski definition) is 0. The van der Waals surface area contributed by atoms with Gasteiger partial charge in [0.25, 0.3) is 0 Å². The molecule has 3 heteroatoms. The van der Waals surface area contributed by atoms with Crippen molar-refractivity contribution in [2.45, 2.75) is 19.3 Å². The zero-order valence-corrected chi connectivity index (χ0v) is 7.77. The summed E-state index contributed by atoms with van der Waals surface area (Å²) in [4.78, 5) is 10.9. The van der Waals surface area contributed by atoms with E-state index in [9.17, 15) is 4.79 Å². The molecule has 0 atom stereocenters. The summed E-state index contributed by atoms with van der Waals surface area (Å²) in [5.74, 6) is 0. The molecule has 0 N–H and O–H groups in total. The molecule has 1 saturated heterocycles. The first-order valence-electron chi connectivity index (χ1n) is 4.06. The number of carbonyl (C=O) groups excluding carboxylic acids is 1. The maximum atomic E-state index is 10.9. The molecule has 0 saturated carbocycles. The Morgan fingerprint density at radius 1 is 1.58 bits per heavy atom. The average molecular weight is 189 g/mol. The molecule has 0 aromatic carbocycles. The van der Waals surface area contributed by atoms with Gasteiger partial charge < -0.3 is 9.53 Å². The molecule has 0 spiro atoms. The summed E-state index contributed by atoms with van der Waals surface area (Å²) >= 11 is 5.69. The highest BCUT2D eigenvalue weighted by Crippen LogP contribution is 2.35. The molecule has 1 fully saturated rings. The normalized spacial score (nSPS) is 21.8. The molecule has 0 amide bonds. The van der Waals surface area contributed by atoms with Crippen LogP contribution in [0, 0.1) is 5.41 Å². The lowest BCUT2D eigenvalue weighted by Crippen LogP contribution is -2.31. The Bertz CT molecular complexity index is 183. The highest BCUT2D eigenvalue weighted by molar-refractivity contribution is 6.29. The van der Waals surface area contributed by atoms with Gasteiger partial charge in [0.2, 0.25) is 0 Å². The van der Waals surface area contributed by atoms with Gasteiger partial charge in [-0.1, -0.05) is 18.2 Å². The van der Waals surface area contributed by atoms with Crippen LogP contribution >= 0.6 is 11.6 Å². The lowest BCUT2D eigenvalue weighted by Gasteiger charge is -2.31. The largest absolute Gasteiger partial charge is 0.381 e. The first-order valence-corrected chi connectivity index (χ1v) is 4.44. The number of rotatable bonds is 3. The minimum atomic E-state index is -0.295. The van der Waals surface area contributed by atoms with Crippen LogP contribution < -0.4 is 0 Å². The van der Waals surface area contributed by atoms with Crippen molar-refractivity contribution in [3.63, 3.8) is 0 Å². The molecule has 1 aliphatic heterocycles. The van der Waals surface area contributed by atoms with Gasteiger partial charge in [-0.15, -0.1) is 0 Å². The van der Waals surface area contributed by atoms with Crippen molar-refractivity contribution in [1.82, 2.24) is 0 Å². The van der Waals surface area contributed by atoms with Crippen LogP contribution in [-0.2, 0) is 9.53 Å². The maximum absolute atomic E-state index is 10.9. The lowest BCUT2D eigenvalue weighted by atomic mass is 9.79. The fourth-order valence-electron chi connectivity index (χ4n) is 1.50. The Morgan fingerprint density at radius 3 is 2.58 bits per heavy atom. The third kappa shape index (κ3) is 2.32. The van der Waals surface area contributed by atoms with Crippen LogP contribution in [0.25, 0.3) is 0 Å². The standard InChI is InChI=1S/C9H13ClO2/c1-8(10)6-9(7-11)2-4-12-5-3-9/h7H,1-6H2. The summed E-state index contributed by atoms with van der Waals surface area (Å²) in [6.07, 6.45) is 3.12. The molecule has 0 bridgehead atoms. The summed E-state index contributed by atoms with van der Waals surface area (Å²) in [5.41, 5.74) is -0.295. The van der Waals surface area contributed by atoms with Gasteiger partial charge in [0.05, 0.1) is 0 Å². The van der Waals surface area contributed by atoms with Gasteiger partial charge in [-0.2, -0.15) is 0 Å². The number of allylic oxidation sites excluding steroid dienone is 1. The molecule has 2 nitrogen and oxygen atoms in total. The van der Waals surface area contributed by atoms with E-state index in [0.29, 0.717) is 24.7 Å². The first kappa shape index (κ1) is 9.75. The number of aldehydes is 1. The quantitative estimate of drug-likeness (QED) is 0.635. The van der Waals surface area contributed by atoms with Crippen LogP contribution in [0.4, 0.5) is 0 Å². The molecule has 12 heavy (non-hydrogen) atoms. The van der Waals surface area contributed by atoms with E-state index in [0.717, 1.165) is 19.1 Å². The van der Waals surface area contributed by atoms with Crippen molar-refractivity contribution in [3.05, 3.63) is 11.6 Å². The Morgan fingerprint density at radius 2 is 2.17 bits per heavy atom. The minimum absolute atomic E-state index is 0.295. The highest BCUT2D eigenvalue weighted by Gasteiger charge is 2.32. The second-order valence-corrected chi connectivity index (χ2v) is 3.82. The molecule has 1 aliphatic rings. The summed E-state index contributed by atoms with van der Waals surface area (Å²) in [6, 6.07) is 0. The molecule has 0 unspecified atom stereocenters. The fraction of sp³-hybridized carbons (Fsp3) is 0.667. The second-order valence-electron chi connectivity index (χ2n) is 3.29. The third-order valence-corrected chi connectivity index (χ3v) is 2.42. The summed E-state index contributed by atoms with van der Waals surface area (Å²) < 4.78 is 5.18. The highest BCUT2D eigenvalue weighted by atomic mass is 35.5. The number of hydrogen-bond acceptors (Lipinski definition) is 2. The maximum Gasteiger partial charge on any atom is 0.126 e. The topological polar surface area (TPSA) is 26.3 Å². The first-order chi connectivity index (χ1) is 5.68. The lowest BCUT2D eigenvalue weighted by molar-refractivity contribution is -0.121. The average Bonchev–Trinajstić information content (AvgIpc) is 2.05. The number of carbonyl (C=O) groups is 1. The van der Waals surface area contributed by atoms with Crippen molar-refractivity contribution in [2.24, 2.45) is 5.41 Å². The number of ether oxygens (including phenoxy) is 1. The van der Waals surface area contributed by atoms with Crippen molar-refractivity contribution >= 4 is 17.9 Å². The van der Waals surface area contributed by atoms with Gasteiger partial charge in [0.1, 0.15) is 6.29 Å². The molecule has 0 radical (unpaired) electrons. The van der Waals surface area contributed by atoms with E-state index in [4.69, 9.17) is 16.3 Å². The van der Waals surface area contributed by atoms with Crippen LogP contribution in [0.3, 0.4) is 0 Å². The third-order valence-electron chi connectivity index (χ3n) is 2.28. The minimum Gasteiger partial charge on any atom is -0.381 e. The van der Waals surface area contributed by atoms with E-state index in [-0.39, 0.29) is 5.41 Å². The molecule has 1 heterocycles. The van der Waals surface area contributed by atoms with Crippen molar-refractivity contribution < 1.29 is 9.53 Å². The van der Waals surface area contributed by atoms with E-state index in [2.05, 4.69) is 6.58 Å². The van der Waals surface area contributed by atoms with Crippen LogP contribution in [0.2, 0.25) is 0 Å². The van der Waals surface area contributed by atoms with Gasteiger partial charge >= 0.3 is 0 Å². The fourth-order valence-corrected chi connectivity index (χ4v) is 1.76. The molecule has 0 aromatic rings. The number of halogens is 1. The van der Waals surface area contributed by atoms with E-state index in [1.165, 1.54) is 0 Å². The van der Waals surface area contributed by atoms with Gasteiger partial charge in [0.15, 0.2) is 0 Å². The molecular weight excluding hydrogens is 176 g/mol. The summed E-state index contributed by atoms with van der Waals surface area (Å²) in [7, 11) is 0. The summed E-state index contributed by atoms with van der Waals surface area (Å²) in [5, 5.41) is 0.559. The van der Waals surface area contributed by atoms with Crippen molar-refractivity contribution in [1.29, 1.82) is 0 Å². The van der Waals surface area contributed by atoms with Gasteiger partial charge in [-0.25, -0.2) is 0 Å².